The molecule has 0 spiro atoms. The van der Waals surface area contributed by atoms with Gasteiger partial charge in [0.05, 0.1) is 41.1 Å². The number of aromatic nitrogens is 1. The average Bonchev–Trinajstić information content (AvgIpc) is 3.85. The fourth-order valence-electron chi connectivity index (χ4n) is 4.68. The van der Waals surface area contributed by atoms with Crippen molar-refractivity contribution >= 4 is 27.1 Å². The van der Waals surface area contributed by atoms with E-state index in [1.807, 2.05) is 13.1 Å². The Balaban J connectivity index is 1.30. The molecule has 1 N–H and O–H groups in total. The predicted molar refractivity (Wildman–Crippen MR) is 147 cm³/mol. The highest BCUT2D eigenvalue weighted by atomic mass is 32.2. The smallest absolute Gasteiger partial charge is 0.270 e. The van der Waals surface area contributed by atoms with Gasteiger partial charge in [0.15, 0.2) is 9.84 Å². The molecule has 8 heteroatoms. The van der Waals surface area contributed by atoms with E-state index in [-0.39, 0.29) is 22.8 Å². The average molecular weight is 529 g/mol. The van der Waals surface area contributed by atoms with E-state index in [4.69, 9.17) is 0 Å². The van der Waals surface area contributed by atoms with Crippen LogP contribution in [-0.4, -0.2) is 32.1 Å². The predicted octanol–water partition coefficient (Wildman–Crippen LogP) is 5.78. The Morgan fingerprint density at radius 1 is 1.03 bits per heavy atom. The molecule has 0 radical (unpaired) electrons. The van der Waals surface area contributed by atoms with Crippen molar-refractivity contribution in [1.29, 1.82) is 5.26 Å². The number of rotatable bonds is 10. The summed E-state index contributed by atoms with van der Waals surface area (Å²) in [5.41, 5.74) is 5.78. The molecule has 1 heterocycles. The summed E-state index contributed by atoms with van der Waals surface area (Å²) in [7, 11) is -1.31. The van der Waals surface area contributed by atoms with Gasteiger partial charge in [-0.3, -0.25) is 4.79 Å². The summed E-state index contributed by atoms with van der Waals surface area (Å²) in [6.07, 6.45) is 6.79. The monoisotopic (exact) mass is 528 g/mol. The maximum atomic E-state index is 13.0. The fourth-order valence-corrected chi connectivity index (χ4v) is 5.56. The lowest BCUT2D eigenvalue weighted by Crippen LogP contribution is -2.29. The van der Waals surface area contributed by atoms with Gasteiger partial charge in [0, 0.05) is 12.7 Å². The third kappa shape index (κ3) is 5.73. The van der Waals surface area contributed by atoms with Crippen LogP contribution in [0.25, 0.3) is 0 Å². The van der Waals surface area contributed by atoms with Crippen LogP contribution in [0.5, 0.6) is 0 Å². The number of pyridine rings is 1. The standard InChI is InChI=1S/C30H32N4O3S/c1-3-38(36,37)27-11-8-22(9-12-27)28(14-15-31)33-30(35)29-13-10-25(19-32-29)34(2)26-17-23(20-4-5-20)16-24(18-26)21-6-7-21/h8-13,16-21,28H,3-7,14H2,1-2H3,(H,33,35)/t28-/m0/s1. The second-order valence-electron chi connectivity index (χ2n) is 10.2. The molecular weight excluding hydrogens is 496 g/mol. The second kappa shape index (κ2) is 10.6. The van der Waals surface area contributed by atoms with Crippen LogP contribution in [0.2, 0.25) is 0 Å². The lowest BCUT2D eigenvalue weighted by Gasteiger charge is -2.22. The molecule has 2 aromatic carbocycles. The Hall–Kier alpha value is -3.70. The van der Waals surface area contributed by atoms with E-state index >= 15 is 0 Å². The molecule has 2 saturated carbocycles. The van der Waals surface area contributed by atoms with E-state index < -0.39 is 21.8 Å². The summed E-state index contributed by atoms with van der Waals surface area (Å²) in [4.78, 5) is 19.7. The van der Waals surface area contributed by atoms with Crippen molar-refractivity contribution in [3.05, 3.63) is 83.2 Å². The van der Waals surface area contributed by atoms with Crippen molar-refractivity contribution in [2.75, 3.05) is 17.7 Å². The minimum Gasteiger partial charge on any atom is -0.343 e. The molecule has 0 aliphatic heterocycles. The first-order valence-corrected chi connectivity index (χ1v) is 14.8. The van der Waals surface area contributed by atoms with Gasteiger partial charge in [-0.15, -0.1) is 0 Å². The maximum Gasteiger partial charge on any atom is 0.270 e. The SMILES string of the molecule is CCS(=O)(=O)c1ccc([C@H](CC#N)NC(=O)c2ccc(N(C)c3cc(C4CC4)cc(C4CC4)c3)cn2)cc1. The van der Waals surface area contributed by atoms with Crippen molar-refractivity contribution in [3.63, 3.8) is 0 Å². The number of hydrogen-bond donors (Lipinski definition) is 1. The van der Waals surface area contributed by atoms with Gasteiger partial charge in [-0.05, 0) is 90.6 Å². The van der Waals surface area contributed by atoms with Crippen LogP contribution in [0.15, 0.2) is 65.7 Å². The molecular formula is C30H32N4O3S. The molecule has 0 bridgehead atoms. The van der Waals surface area contributed by atoms with Gasteiger partial charge in [-0.25, -0.2) is 13.4 Å². The molecule has 3 aromatic rings. The number of nitrogens with zero attached hydrogens (tertiary/aromatic N) is 3. The van der Waals surface area contributed by atoms with Crippen LogP contribution in [0.1, 0.15) is 84.1 Å². The van der Waals surface area contributed by atoms with Crippen LogP contribution in [-0.2, 0) is 9.84 Å². The number of benzene rings is 2. The Morgan fingerprint density at radius 2 is 1.66 bits per heavy atom. The summed E-state index contributed by atoms with van der Waals surface area (Å²) in [6, 6.07) is 18.3. The zero-order chi connectivity index (χ0) is 26.9. The van der Waals surface area contributed by atoms with Crippen LogP contribution < -0.4 is 10.2 Å². The van der Waals surface area contributed by atoms with E-state index in [1.165, 1.54) is 48.9 Å². The molecule has 0 unspecified atom stereocenters. The normalized spacial score (nSPS) is 15.9. The van der Waals surface area contributed by atoms with Gasteiger partial charge >= 0.3 is 0 Å². The quantitative estimate of drug-likeness (QED) is 0.358. The third-order valence-corrected chi connectivity index (χ3v) is 9.19. The Labute approximate surface area is 224 Å². The molecule has 2 aliphatic rings. The minimum absolute atomic E-state index is 0.00912. The zero-order valence-corrected chi connectivity index (χ0v) is 22.5. The van der Waals surface area contributed by atoms with E-state index in [0.717, 1.165) is 11.4 Å². The largest absolute Gasteiger partial charge is 0.343 e. The second-order valence-corrected chi connectivity index (χ2v) is 12.5. The maximum absolute atomic E-state index is 13.0. The van der Waals surface area contributed by atoms with Crippen molar-refractivity contribution in [2.24, 2.45) is 0 Å². The van der Waals surface area contributed by atoms with Gasteiger partial charge in [0.2, 0.25) is 0 Å². The highest BCUT2D eigenvalue weighted by Gasteiger charge is 2.29. The van der Waals surface area contributed by atoms with E-state index in [2.05, 4.69) is 39.5 Å². The molecule has 2 fully saturated rings. The van der Waals surface area contributed by atoms with Gasteiger partial charge in [0.1, 0.15) is 5.69 Å². The van der Waals surface area contributed by atoms with Crippen molar-refractivity contribution in [2.45, 2.75) is 61.8 Å². The Kier molecular flexibility index (Phi) is 7.22. The summed E-state index contributed by atoms with van der Waals surface area (Å²) < 4.78 is 24.2. The van der Waals surface area contributed by atoms with Gasteiger partial charge < -0.3 is 10.2 Å². The number of nitrogens with one attached hydrogen (secondary N) is 1. The van der Waals surface area contributed by atoms with Gasteiger partial charge in [-0.1, -0.05) is 25.1 Å². The lowest BCUT2D eigenvalue weighted by molar-refractivity contribution is 0.0932. The van der Waals surface area contributed by atoms with Crippen LogP contribution in [0.3, 0.4) is 0 Å². The van der Waals surface area contributed by atoms with Crippen molar-refractivity contribution < 1.29 is 13.2 Å². The zero-order valence-electron chi connectivity index (χ0n) is 21.7. The highest BCUT2D eigenvalue weighted by molar-refractivity contribution is 7.91. The number of carbonyl (C=O) groups excluding carboxylic acids is 1. The number of amides is 1. The minimum atomic E-state index is -3.32. The van der Waals surface area contributed by atoms with E-state index in [0.29, 0.717) is 17.4 Å². The van der Waals surface area contributed by atoms with Crippen molar-refractivity contribution in [1.82, 2.24) is 10.3 Å². The number of hydrogen-bond acceptors (Lipinski definition) is 6. The molecule has 0 saturated heterocycles. The summed E-state index contributed by atoms with van der Waals surface area (Å²) in [5.74, 6) is 0.976. The number of nitriles is 1. The number of anilines is 2. The van der Waals surface area contributed by atoms with E-state index in [9.17, 15) is 18.5 Å². The fraction of sp³-hybridized carbons (Fsp3) is 0.367. The van der Waals surface area contributed by atoms with Crippen molar-refractivity contribution in [3.8, 4) is 6.07 Å². The topological polar surface area (TPSA) is 103 Å². The van der Waals surface area contributed by atoms with Crippen LogP contribution in [0.4, 0.5) is 11.4 Å². The van der Waals surface area contributed by atoms with Gasteiger partial charge in [-0.2, -0.15) is 5.26 Å². The molecule has 2 aliphatic carbocycles. The molecule has 38 heavy (non-hydrogen) atoms. The summed E-state index contributed by atoms with van der Waals surface area (Å²) in [6.45, 7) is 1.59. The molecule has 7 nitrogen and oxygen atoms in total. The molecule has 1 amide bonds. The van der Waals surface area contributed by atoms with Gasteiger partial charge in [0.25, 0.3) is 5.91 Å². The first-order valence-electron chi connectivity index (χ1n) is 13.1. The van der Waals surface area contributed by atoms with Crippen LogP contribution >= 0.6 is 0 Å². The lowest BCUT2D eigenvalue weighted by atomic mass is 10.0. The molecule has 1 aromatic heterocycles. The molecule has 5 rings (SSSR count). The third-order valence-electron chi connectivity index (χ3n) is 7.44. The summed E-state index contributed by atoms with van der Waals surface area (Å²) >= 11 is 0. The molecule has 196 valence electrons. The van der Waals surface area contributed by atoms with Crippen LogP contribution in [0, 0.1) is 11.3 Å². The first kappa shape index (κ1) is 25.9. The number of carbonyl (C=O) groups is 1. The summed E-state index contributed by atoms with van der Waals surface area (Å²) in [5, 5.41) is 12.2. The highest BCUT2D eigenvalue weighted by Crippen LogP contribution is 2.46. The Bertz CT molecular complexity index is 1440. The number of sulfone groups is 1. The Morgan fingerprint density at radius 3 is 2.16 bits per heavy atom. The van der Waals surface area contributed by atoms with E-state index in [1.54, 1.807) is 31.3 Å². The first-order chi connectivity index (χ1) is 18.3. The molecule has 1 atom stereocenters.